The first kappa shape index (κ1) is 10.5. The summed E-state index contributed by atoms with van der Waals surface area (Å²) in [6.07, 6.45) is 0. The molecule has 1 rings (SSSR count). The molecule has 13 heavy (non-hydrogen) atoms. The van der Waals surface area contributed by atoms with Gasteiger partial charge in [-0.3, -0.25) is 4.79 Å². The number of nitrogens with two attached hydrogens (primary N) is 1. The van der Waals surface area contributed by atoms with Crippen LogP contribution in [0.4, 0.5) is 10.1 Å². The van der Waals surface area contributed by atoms with Gasteiger partial charge in [0.15, 0.2) is 5.78 Å². The first-order valence-corrected chi connectivity index (χ1v) is 4.90. The Morgan fingerprint density at radius 2 is 2.23 bits per heavy atom. The summed E-state index contributed by atoms with van der Waals surface area (Å²) in [5.74, 6) is -1.07. The van der Waals surface area contributed by atoms with Gasteiger partial charge in [-0.05, 0) is 12.1 Å². The molecule has 0 saturated carbocycles. The summed E-state index contributed by atoms with van der Waals surface area (Å²) in [4.78, 5) is 11.2. The number of rotatable bonds is 2. The van der Waals surface area contributed by atoms with Crippen molar-refractivity contribution in [1.29, 1.82) is 0 Å². The first-order valence-electron chi connectivity index (χ1n) is 3.40. The molecule has 2 N–H and O–H groups in total. The zero-order chi connectivity index (χ0) is 10.0. The van der Waals surface area contributed by atoms with E-state index in [4.69, 9.17) is 17.3 Å². The van der Waals surface area contributed by atoms with Crippen molar-refractivity contribution in [3.8, 4) is 0 Å². The van der Waals surface area contributed by atoms with Crippen LogP contribution in [0.2, 0.25) is 5.02 Å². The van der Waals surface area contributed by atoms with Crippen LogP contribution in [0.25, 0.3) is 0 Å². The molecule has 1 aromatic carbocycles. The predicted molar refractivity (Wildman–Crippen MR) is 53.9 cm³/mol. The second-order valence-corrected chi connectivity index (χ2v) is 3.32. The Balaban J connectivity index is 3.33. The molecule has 5 heteroatoms. The molecule has 70 valence electrons. The summed E-state index contributed by atoms with van der Waals surface area (Å²) in [5, 5.41) is -0.00273. The fraction of sp³-hybridized carbons (Fsp3) is 0.125. The number of ketones is 1. The molecule has 0 saturated heterocycles. The van der Waals surface area contributed by atoms with Crippen molar-refractivity contribution < 1.29 is 9.18 Å². The van der Waals surface area contributed by atoms with Gasteiger partial charge in [-0.1, -0.05) is 27.5 Å². The minimum Gasteiger partial charge on any atom is -0.398 e. The zero-order valence-corrected chi connectivity index (χ0v) is 8.82. The van der Waals surface area contributed by atoms with Crippen molar-refractivity contribution in [2.45, 2.75) is 0 Å². The molecule has 0 fully saturated rings. The van der Waals surface area contributed by atoms with E-state index in [-0.39, 0.29) is 21.6 Å². The van der Waals surface area contributed by atoms with Crippen LogP contribution in [-0.2, 0) is 0 Å². The van der Waals surface area contributed by atoms with Crippen LogP contribution in [0, 0.1) is 5.82 Å². The lowest BCUT2D eigenvalue weighted by atomic mass is 10.1. The molecule has 0 atom stereocenters. The molecule has 0 aliphatic heterocycles. The van der Waals surface area contributed by atoms with E-state index in [9.17, 15) is 9.18 Å². The van der Waals surface area contributed by atoms with Gasteiger partial charge in [-0.2, -0.15) is 0 Å². The van der Waals surface area contributed by atoms with Crippen molar-refractivity contribution >= 4 is 39.0 Å². The number of Topliss-reactive ketones (excluding diaryl/α,β-unsaturated/α-hetero) is 1. The van der Waals surface area contributed by atoms with Crippen molar-refractivity contribution in [2.24, 2.45) is 0 Å². The van der Waals surface area contributed by atoms with Crippen LogP contribution in [-0.4, -0.2) is 11.1 Å². The Bertz CT molecular complexity index is 356. The predicted octanol–water partition coefficient (Wildman–Crippen LogP) is 2.64. The third-order valence-corrected chi connectivity index (χ3v) is 2.44. The van der Waals surface area contributed by atoms with Gasteiger partial charge in [0.25, 0.3) is 0 Å². The van der Waals surface area contributed by atoms with E-state index in [1.54, 1.807) is 0 Å². The van der Waals surface area contributed by atoms with E-state index in [0.29, 0.717) is 0 Å². The summed E-state index contributed by atoms with van der Waals surface area (Å²) in [5.41, 5.74) is 5.46. The number of hydrogen-bond acceptors (Lipinski definition) is 2. The van der Waals surface area contributed by atoms with Crippen LogP contribution in [0.3, 0.4) is 0 Å². The smallest absolute Gasteiger partial charge is 0.177 e. The third-order valence-electron chi connectivity index (χ3n) is 1.52. The summed E-state index contributed by atoms with van der Waals surface area (Å²) in [6, 6.07) is 2.44. The van der Waals surface area contributed by atoms with Gasteiger partial charge in [0.05, 0.1) is 21.6 Å². The Hall–Kier alpha value is -0.610. The summed E-state index contributed by atoms with van der Waals surface area (Å²) >= 11 is 8.59. The highest BCUT2D eigenvalue weighted by Crippen LogP contribution is 2.26. The quantitative estimate of drug-likeness (QED) is 0.508. The average molecular weight is 266 g/mol. The Morgan fingerprint density at radius 1 is 1.62 bits per heavy atom. The lowest BCUT2D eigenvalue weighted by Crippen LogP contribution is -2.06. The number of carbonyl (C=O) groups excluding carboxylic acids is 1. The van der Waals surface area contributed by atoms with E-state index < -0.39 is 11.6 Å². The molecule has 0 amide bonds. The van der Waals surface area contributed by atoms with Crippen molar-refractivity contribution in [3.63, 3.8) is 0 Å². The van der Waals surface area contributed by atoms with E-state index in [0.717, 1.165) is 6.07 Å². The normalized spacial score (nSPS) is 10.1. The van der Waals surface area contributed by atoms with Gasteiger partial charge in [0, 0.05) is 0 Å². The van der Waals surface area contributed by atoms with E-state index in [1.165, 1.54) is 6.07 Å². The Labute approximate surface area is 88.0 Å². The number of nitrogen functional groups attached to an aromatic ring is 1. The Morgan fingerprint density at radius 3 is 2.77 bits per heavy atom. The topological polar surface area (TPSA) is 43.1 Å². The fourth-order valence-electron chi connectivity index (χ4n) is 0.891. The molecule has 0 aliphatic rings. The maximum atomic E-state index is 13.1. The van der Waals surface area contributed by atoms with Crippen molar-refractivity contribution in [1.82, 2.24) is 0 Å². The summed E-state index contributed by atoms with van der Waals surface area (Å²) in [6.45, 7) is 0. The lowest BCUT2D eigenvalue weighted by Gasteiger charge is -2.04. The zero-order valence-electron chi connectivity index (χ0n) is 6.48. The highest BCUT2D eigenvalue weighted by atomic mass is 79.9. The maximum Gasteiger partial charge on any atom is 0.177 e. The van der Waals surface area contributed by atoms with Gasteiger partial charge < -0.3 is 5.73 Å². The molecule has 0 radical (unpaired) electrons. The first-order chi connectivity index (χ1) is 6.07. The number of halogens is 3. The van der Waals surface area contributed by atoms with Gasteiger partial charge in [-0.15, -0.1) is 0 Å². The third kappa shape index (κ3) is 2.00. The minimum atomic E-state index is -0.649. The number of anilines is 1. The van der Waals surface area contributed by atoms with Gasteiger partial charge in [0.1, 0.15) is 5.82 Å². The monoisotopic (exact) mass is 265 g/mol. The van der Waals surface area contributed by atoms with Gasteiger partial charge in [0.2, 0.25) is 0 Å². The summed E-state index contributed by atoms with van der Waals surface area (Å²) < 4.78 is 13.1. The largest absolute Gasteiger partial charge is 0.398 e. The van der Waals surface area contributed by atoms with E-state index in [2.05, 4.69) is 15.9 Å². The number of hydrogen-bond donors (Lipinski definition) is 1. The van der Waals surface area contributed by atoms with Gasteiger partial charge >= 0.3 is 0 Å². The van der Waals surface area contributed by atoms with Crippen LogP contribution in [0.5, 0.6) is 0 Å². The van der Waals surface area contributed by atoms with E-state index >= 15 is 0 Å². The number of carbonyl (C=O) groups is 1. The van der Waals surface area contributed by atoms with Crippen molar-refractivity contribution in [3.05, 3.63) is 28.5 Å². The summed E-state index contributed by atoms with van der Waals surface area (Å²) in [7, 11) is 0. The van der Waals surface area contributed by atoms with E-state index in [1.807, 2.05) is 0 Å². The molecule has 0 heterocycles. The van der Waals surface area contributed by atoms with Gasteiger partial charge in [-0.25, -0.2) is 4.39 Å². The Kier molecular flexibility index (Phi) is 3.27. The molecular weight excluding hydrogens is 260 g/mol. The van der Waals surface area contributed by atoms with Crippen LogP contribution < -0.4 is 5.73 Å². The maximum absolute atomic E-state index is 13.1. The molecule has 2 nitrogen and oxygen atoms in total. The molecule has 1 aromatic rings. The second kappa shape index (κ2) is 4.07. The second-order valence-electron chi connectivity index (χ2n) is 2.38. The molecule has 0 spiro atoms. The average Bonchev–Trinajstić information content (AvgIpc) is 2.12. The molecule has 0 aromatic heterocycles. The number of benzene rings is 1. The molecule has 0 bridgehead atoms. The highest BCUT2D eigenvalue weighted by Gasteiger charge is 2.16. The highest BCUT2D eigenvalue weighted by molar-refractivity contribution is 9.09. The van der Waals surface area contributed by atoms with Crippen LogP contribution in [0.1, 0.15) is 10.4 Å². The fourth-order valence-corrected chi connectivity index (χ4v) is 1.43. The lowest BCUT2D eigenvalue weighted by molar-refractivity contribution is 0.102. The standard InChI is InChI=1S/C8H6BrClFNO/c9-3-6(13)7-4(11)1-2-5(12)8(7)10/h1-2H,3,12H2. The number of alkyl halides is 1. The van der Waals surface area contributed by atoms with Crippen molar-refractivity contribution in [2.75, 3.05) is 11.1 Å². The SMILES string of the molecule is Nc1ccc(F)c(C(=O)CBr)c1Cl. The molecule has 0 unspecified atom stereocenters. The molecule has 0 aliphatic carbocycles. The minimum absolute atomic E-state index is 0.0209. The molecular formula is C8H6BrClFNO. The van der Waals surface area contributed by atoms with Crippen LogP contribution >= 0.6 is 27.5 Å². The van der Waals surface area contributed by atoms with Crippen LogP contribution in [0.15, 0.2) is 12.1 Å².